The van der Waals surface area contributed by atoms with Crippen molar-refractivity contribution in [2.75, 3.05) is 11.1 Å². The minimum absolute atomic E-state index is 0.0667. The molecule has 2 aromatic heterocycles. The zero-order valence-electron chi connectivity index (χ0n) is 14.2. The third-order valence-electron chi connectivity index (χ3n) is 4.20. The summed E-state index contributed by atoms with van der Waals surface area (Å²) in [6.45, 7) is 2.02. The molecule has 0 fully saturated rings. The number of amides is 1. The summed E-state index contributed by atoms with van der Waals surface area (Å²) >= 11 is 1.31. The molecule has 1 aromatic carbocycles. The van der Waals surface area contributed by atoms with E-state index in [1.54, 1.807) is 0 Å². The van der Waals surface area contributed by atoms with Crippen LogP contribution < -0.4 is 5.32 Å². The summed E-state index contributed by atoms with van der Waals surface area (Å²) < 4.78 is 0. The second-order valence-electron chi connectivity index (χ2n) is 6.39. The number of carbonyl (C=O) groups is 2. The summed E-state index contributed by atoms with van der Waals surface area (Å²) in [6, 6.07) is 7.71. The molecule has 0 saturated carbocycles. The Labute approximate surface area is 154 Å². The van der Waals surface area contributed by atoms with Crippen molar-refractivity contribution in [2.45, 2.75) is 24.9 Å². The fraction of sp³-hybridized carbons (Fsp3) is 0.278. The third-order valence-corrected chi connectivity index (χ3v) is 5.08. The van der Waals surface area contributed by atoms with E-state index in [2.05, 4.69) is 25.3 Å². The van der Waals surface area contributed by atoms with Gasteiger partial charge in [0.1, 0.15) is 0 Å². The van der Waals surface area contributed by atoms with E-state index >= 15 is 0 Å². The number of aromatic nitrogens is 4. The van der Waals surface area contributed by atoms with Gasteiger partial charge in [-0.2, -0.15) is 0 Å². The van der Waals surface area contributed by atoms with Crippen molar-refractivity contribution in [3.8, 4) is 0 Å². The van der Waals surface area contributed by atoms with Gasteiger partial charge < -0.3 is 4.98 Å². The van der Waals surface area contributed by atoms with E-state index in [-0.39, 0.29) is 29.3 Å². The van der Waals surface area contributed by atoms with Gasteiger partial charge in [0.2, 0.25) is 11.9 Å². The summed E-state index contributed by atoms with van der Waals surface area (Å²) in [5.74, 6) is 0.538. The predicted octanol–water partition coefficient (Wildman–Crippen LogP) is 2.85. The Hall–Kier alpha value is -2.74. The minimum atomic E-state index is -0.217. The van der Waals surface area contributed by atoms with E-state index in [1.807, 2.05) is 31.2 Å². The molecule has 2 N–H and O–H groups in total. The second kappa shape index (κ2) is 6.87. The van der Waals surface area contributed by atoms with Crippen molar-refractivity contribution < 1.29 is 9.59 Å². The molecular formula is C18H17N5O2S. The topological polar surface area (TPSA) is 101 Å². The van der Waals surface area contributed by atoms with Crippen LogP contribution >= 0.6 is 11.8 Å². The molecule has 132 valence electrons. The fourth-order valence-electron chi connectivity index (χ4n) is 2.99. The maximum atomic E-state index is 12.2. The number of carbonyl (C=O) groups excluding carboxylic acids is 2. The molecule has 8 heteroatoms. The first kappa shape index (κ1) is 16.7. The number of imidazole rings is 1. The number of hydrogen-bond donors (Lipinski definition) is 2. The van der Waals surface area contributed by atoms with Crippen molar-refractivity contribution in [3.05, 3.63) is 41.7 Å². The Morgan fingerprint density at radius 1 is 1.31 bits per heavy atom. The van der Waals surface area contributed by atoms with E-state index in [0.29, 0.717) is 22.8 Å². The lowest BCUT2D eigenvalue weighted by Crippen LogP contribution is -2.22. The minimum Gasteiger partial charge on any atom is -0.333 e. The molecule has 0 spiro atoms. The van der Waals surface area contributed by atoms with Gasteiger partial charge in [-0.15, -0.1) is 0 Å². The Morgan fingerprint density at radius 3 is 3.00 bits per heavy atom. The van der Waals surface area contributed by atoms with Gasteiger partial charge in [0.15, 0.2) is 10.9 Å². The zero-order chi connectivity index (χ0) is 18.1. The molecule has 2 heterocycles. The molecule has 1 amide bonds. The highest BCUT2D eigenvalue weighted by molar-refractivity contribution is 7.99. The molecule has 4 rings (SSSR count). The van der Waals surface area contributed by atoms with Crippen molar-refractivity contribution in [2.24, 2.45) is 5.92 Å². The molecule has 26 heavy (non-hydrogen) atoms. The SMILES string of the molecule is CC1CC(=O)c2cnc(NC(=O)CSc3nc4ccccc4[nH]3)nc2C1. The summed E-state index contributed by atoms with van der Waals surface area (Å²) in [5, 5.41) is 3.38. The van der Waals surface area contributed by atoms with Crippen LogP contribution in [0.1, 0.15) is 29.4 Å². The number of anilines is 1. The van der Waals surface area contributed by atoms with Gasteiger partial charge in [-0.3, -0.25) is 14.9 Å². The van der Waals surface area contributed by atoms with E-state index in [1.165, 1.54) is 18.0 Å². The average molecular weight is 367 g/mol. The van der Waals surface area contributed by atoms with Gasteiger partial charge in [-0.05, 0) is 24.5 Å². The molecule has 1 aliphatic carbocycles. The van der Waals surface area contributed by atoms with Gasteiger partial charge in [0, 0.05) is 12.6 Å². The number of thioether (sulfide) groups is 1. The van der Waals surface area contributed by atoms with Crippen LogP contribution in [-0.2, 0) is 11.2 Å². The number of nitrogens with one attached hydrogen (secondary N) is 2. The van der Waals surface area contributed by atoms with Crippen LogP contribution in [-0.4, -0.2) is 37.4 Å². The zero-order valence-corrected chi connectivity index (χ0v) is 15.0. The largest absolute Gasteiger partial charge is 0.333 e. The summed E-state index contributed by atoms with van der Waals surface area (Å²) in [7, 11) is 0. The lowest BCUT2D eigenvalue weighted by molar-refractivity contribution is -0.113. The van der Waals surface area contributed by atoms with Crippen LogP contribution in [0.4, 0.5) is 5.95 Å². The van der Waals surface area contributed by atoms with Gasteiger partial charge >= 0.3 is 0 Å². The monoisotopic (exact) mass is 367 g/mol. The van der Waals surface area contributed by atoms with Crippen molar-refractivity contribution in [3.63, 3.8) is 0 Å². The van der Waals surface area contributed by atoms with Gasteiger partial charge in [0.05, 0.1) is 28.0 Å². The van der Waals surface area contributed by atoms with Crippen LogP contribution in [0.15, 0.2) is 35.6 Å². The Kier molecular flexibility index (Phi) is 4.42. The predicted molar refractivity (Wildman–Crippen MR) is 99.3 cm³/mol. The number of rotatable bonds is 4. The fourth-order valence-corrected chi connectivity index (χ4v) is 3.67. The van der Waals surface area contributed by atoms with E-state index in [9.17, 15) is 9.59 Å². The first-order valence-electron chi connectivity index (χ1n) is 8.35. The number of para-hydroxylation sites is 2. The van der Waals surface area contributed by atoms with Crippen LogP contribution in [0.3, 0.4) is 0 Å². The van der Waals surface area contributed by atoms with E-state index in [0.717, 1.165) is 17.5 Å². The number of H-pyrrole nitrogens is 1. The number of ketones is 1. The summed E-state index contributed by atoms with van der Waals surface area (Å²) in [6.07, 6.45) is 2.76. The highest BCUT2D eigenvalue weighted by Gasteiger charge is 2.24. The lowest BCUT2D eigenvalue weighted by atomic mass is 9.88. The first-order chi connectivity index (χ1) is 12.6. The van der Waals surface area contributed by atoms with Crippen LogP contribution in [0.2, 0.25) is 0 Å². The first-order valence-corrected chi connectivity index (χ1v) is 9.33. The maximum absolute atomic E-state index is 12.2. The van der Waals surface area contributed by atoms with Gasteiger partial charge in [0.25, 0.3) is 0 Å². The summed E-state index contributed by atoms with van der Waals surface area (Å²) in [5.41, 5.74) is 3.08. The summed E-state index contributed by atoms with van der Waals surface area (Å²) in [4.78, 5) is 40.2. The lowest BCUT2D eigenvalue weighted by Gasteiger charge is -2.19. The molecular weight excluding hydrogens is 350 g/mol. The number of hydrogen-bond acceptors (Lipinski definition) is 6. The Morgan fingerprint density at radius 2 is 2.15 bits per heavy atom. The quantitative estimate of drug-likeness (QED) is 0.688. The molecule has 0 saturated heterocycles. The van der Waals surface area contributed by atoms with Gasteiger partial charge in [-0.25, -0.2) is 15.0 Å². The highest BCUT2D eigenvalue weighted by Crippen LogP contribution is 2.24. The van der Waals surface area contributed by atoms with Crippen molar-refractivity contribution in [1.82, 2.24) is 19.9 Å². The smallest absolute Gasteiger partial charge is 0.237 e. The average Bonchev–Trinajstić information content (AvgIpc) is 3.02. The molecule has 0 aliphatic heterocycles. The molecule has 1 atom stereocenters. The molecule has 3 aromatic rings. The molecule has 0 radical (unpaired) electrons. The third kappa shape index (κ3) is 3.45. The Balaban J connectivity index is 1.40. The normalized spacial score (nSPS) is 16.5. The highest BCUT2D eigenvalue weighted by atomic mass is 32.2. The Bertz CT molecular complexity index is 967. The van der Waals surface area contributed by atoms with Crippen molar-refractivity contribution >= 4 is 40.4 Å². The number of nitrogens with zero attached hydrogens (tertiary/aromatic N) is 3. The van der Waals surface area contributed by atoms with E-state index < -0.39 is 0 Å². The molecule has 7 nitrogen and oxygen atoms in total. The van der Waals surface area contributed by atoms with Crippen LogP contribution in [0.5, 0.6) is 0 Å². The van der Waals surface area contributed by atoms with Crippen LogP contribution in [0, 0.1) is 5.92 Å². The second-order valence-corrected chi connectivity index (χ2v) is 7.35. The van der Waals surface area contributed by atoms with E-state index in [4.69, 9.17) is 0 Å². The molecule has 0 bridgehead atoms. The van der Waals surface area contributed by atoms with Crippen molar-refractivity contribution in [1.29, 1.82) is 0 Å². The number of Topliss-reactive ketones (excluding diaryl/α,β-unsaturated/α-hetero) is 1. The number of benzene rings is 1. The maximum Gasteiger partial charge on any atom is 0.237 e. The number of fused-ring (bicyclic) bond motifs is 2. The van der Waals surface area contributed by atoms with Gasteiger partial charge in [-0.1, -0.05) is 30.8 Å². The molecule has 1 unspecified atom stereocenters. The molecule has 1 aliphatic rings. The number of aromatic amines is 1. The standard InChI is InChI=1S/C18H17N5O2S/c1-10-6-14-11(15(24)7-10)8-19-17(20-14)23-16(25)9-26-18-21-12-4-2-3-5-13(12)22-18/h2-5,8,10H,6-7,9H2,1H3,(H,21,22)(H,19,20,23,25). The van der Waals surface area contributed by atoms with Crippen LogP contribution in [0.25, 0.3) is 11.0 Å².